The summed E-state index contributed by atoms with van der Waals surface area (Å²) in [5.74, 6) is 3.55. The van der Waals surface area contributed by atoms with Crippen LogP contribution in [0.3, 0.4) is 0 Å². The maximum absolute atomic E-state index is 12.9. The fourth-order valence-corrected chi connectivity index (χ4v) is 4.10. The van der Waals surface area contributed by atoms with Crippen LogP contribution in [-0.4, -0.2) is 64.6 Å². The second kappa shape index (κ2) is 13.1. The van der Waals surface area contributed by atoms with Gasteiger partial charge < -0.3 is 25.0 Å². The highest BCUT2D eigenvalue weighted by molar-refractivity contribution is 7.85. The van der Waals surface area contributed by atoms with Gasteiger partial charge in [-0.3, -0.25) is 4.79 Å². The van der Waals surface area contributed by atoms with Gasteiger partial charge in [-0.25, -0.2) is 10.1 Å². The third-order valence-electron chi connectivity index (χ3n) is 5.27. The van der Waals surface area contributed by atoms with Gasteiger partial charge in [0.1, 0.15) is 11.0 Å². The number of nitrogens with one attached hydrogen (secondary N) is 2. The van der Waals surface area contributed by atoms with Gasteiger partial charge in [0.15, 0.2) is 0 Å². The van der Waals surface area contributed by atoms with Gasteiger partial charge in [-0.2, -0.15) is 0 Å². The molecule has 0 spiro atoms. The summed E-state index contributed by atoms with van der Waals surface area (Å²) in [4.78, 5) is 17.2. The van der Waals surface area contributed by atoms with E-state index in [1.165, 1.54) is 18.4 Å². The predicted octanol–water partition coefficient (Wildman–Crippen LogP) is 2.43. The van der Waals surface area contributed by atoms with Crippen LogP contribution in [-0.2, 0) is 15.8 Å². The van der Waals surface area contributed by atoms with E-state index in [1.807, 2.05) is 54.4 Å². The molecular weight excluding hydrogens is 414 g/mol. The van der Waals surface area contributed by atoms with E-state index in [2.05, 4.69) is 33.0 Å². The highest BCUT2D eigenvalue weighted by Crippen LogP contribution is 2.23. The van der Waals surface area contributed by atoms with Crippen molar-refractivity contribution >= 4 is 28.3 Å². The standard InChI is InChI=1S/C22H30N4O2S.H3NO/c1-25(21(17-26-14-6-7-15-26)18-8-4-3-5-9-18)22(27)16-23-19-10-12-20(13-11-19)24-29(2)28;1-2/h3-5,8-13,21,23-24H,6-7,14-17H2,1-2H3;2H,1H2. The molecule has 1 fully saturated rings. The molecule has 1 heterocycles. The lowest BCUT2D eigenvalue weighted by Gasteiger charge is -2.32. The van der Waals surface area contributed by atoms with E-state index >= 15 is 0 Å². The SMILES string of the molecule is CN(C(=O)CNc1ccc(NS(C)=O)cc1)C(CN1CCCC1)c1ccccc1.NO. The highest BCUT2D eigenvalue weighted by Gasteiger charge is 2.25. The average Bonchev–Trinajstić information content (AvgIpc) is 3.31. The van der Waals surface area contributed by atoms with Crippen LogP contribution in [0.1, 0.15) is 24.4 Å². The molecule has 0 bridgehead atoms. The number of carbonyl (C=O) groups excluding carboxylic acids is 1. The van der Waals surface area contributed by atoms with Crippen LogP contribution in [0.15, 0.2) is 54.6 Å². The molecule has 1 saturated heterocycles. The molecule has 9 heteroatoms. The van der Waals surface area contributed by atoms with E-state index in [0.717, 1.165) is 31.0 Å². The summed E-state index contributed by atoms with van der Waals surface area (Å²) in [6, 6.07) is 17.7. The summed E-state index contributed by atoms with van der Waals surface area (Å²) >= 11 is 0. The number of hydrogen-bond donors (Lipinski definition) is 4. The Kier molecular flexibility index (Phi) is 10.5. The van der Waals surface area contributed by atoms with E-state index in [1.54, 1.807) is 6.26 Å². The Bertz CT molecular complexity index is 814. The Morgan fingerprint density at radius 3 is 2.26 bits per heavy atom. The van der Waals surface area contributed by atoms with Gasteiger partial charge in [0.05, 0.1) is 12.6 Å². The second-order valence-electron chi connectivity index (χ2n) is 7.43. The van der Waals surface area contributed by atoms with Crippen LogP contribution in [0.2, 0.25) is 0 Å². The second-order valence-corrected chi connectivity index (χ2v) is 8.54. The van der Waals surface area contributed by atoms with E-state index in [4.69, 9.17) is 5.21 Å². The number of benzene rings is 2. The Balaban J connectivity index is 0.00000166. The minimum Gasteiger partial charge on any atom is -0.376 e. The normalized spacial score (nSPS) is 15.4. The van der Waals surface area contributed by atoms with Gasteiger partial charge in [0, 0.05) is 31.2 Å². The molecule has 2 atom stereocenters. The van der Waals surface area contributed by atoms with Crippen LogP contribution in [0, 0.1) is 0 Å². The van der Waals surface area contributed by atoms with Crippen LogP contribution in [0.4, 0.5) is 11.4 Å². The molecule has 31 heavy (non-hydrogen) atoms. The van der Waals surface area contributed by atoms with Crippen molar-refractivity contribution in [3.63, 3.8) is 0 Å². The van der Waals surface area contributed by atoms with Crippen molar-refractivity contribution in [1.82, 2.24) is 9.80 Å². The average molecular weight is 448 g/mol. The van der Waals surface area contributed by atoms with Crippen molar-refractivity contribution in [3.8, 4) is 0 Å². The number of carbonyl (C=O) groups is 1. The summed E-state index contributed by atoms with van der Waals surface area (Å²) in [5.41, 5.74) is 2.81. The van der Waals surface area contributed by atoms with Crippen molar-refractivity contribution in [3.05, 3.63) is 60.2 Å². The summed E-state index contributed by atoms with van der Waals surface area (Å²) in [5, 5.41) is 9.70. The first-order valence-corrected chi connectivity index (χ1v) is 11.8. The molecular formula is C22H33N5O3S. The Morgan fingerprint density at radius 1 is 1.10 bits per heavy atom. The molecule has 1 amide bonds. The van der Waals surface area contributed by atoms with Gasteiger partial charge in [-0.05, 0) is 55.8 Å². The zero-order chi connectivity index (χ0) is 22.6. The summed E-state index contributed by atoms with van der Waals surface area (Å²) in [7, 11) is 0.789. The molecule has 0 aromatic heterocycles. The molecule has 1 aliphatic rings. The maximum atomic E-state index is 12.9. The molecule has 2 aromatic rings. The number of nitrogens with two attached hydrogens (primary N) is 1. The van der Waals surface area contributed by atoms with E-state index in [-0.39, 0.29) is 18.5 Å². The third-order valence-corrected chi connectivity index (χ3v) is 5.79. The summed E-state index contributed by atoms with van der Waals surface area (Å²) in [6.45, 7) is 3.30. The lowest BCUT2D eigenvalue weighted by atomic mass is 10.0. The lowest BCUT2D eigenvalue weighted by Crippen LogP contribution is -2.40. The number of rotatable bonds is 9. The zero-order valence-electron chi connectivity index (χ0n) is 18.2. The Hall–Kier alpha value is -2.46. The smallest absolute Gasteiger partial charge is 0.242 e. The van der Waals surface area contributed by atoms with Gasteiger partial charge in [0.25, 0.3) is 0 Å². The molecule has 0 radical (unpaired) electrons. The number of nitrogens with zero attached hydrogens (tertiary/aromatic N) is 2. The minimum atomic E-state index is -1.10. The molecule has 1 aliphatic heterocycles. The van der Waals surface area contributed by atoms with Crippen LogP contribution < -0.4 is 15.9 Å². The number of amides is 1. The van der Waals surface area contributed by atoms with E-state index < -0.39 is 11.0 Å². The van der Waals surface area contributed by atoms with Gasteiger partial charge in [-0.15, -0.1) is 0 Å². The zero-order valence-corrected chi connectivity index (χ0v) is 19.0. The number of anilines is 2. The quantitative estimate of drug-likeness (QED) is 0.440. The topological polar surface area (TPSA) is 111 Å². The largest absolute Gasteiger partial charge is 0.376 e. The summed E-state index contributed by atoms with van der Waals surface area (Å²) in [6.07, 6.45) is 4.06. The molecule has 2 aromatic carbocycles. The van der Waals surface area contributed by atoms with Crippen molar-refractivity contribution in [2.75, 3.05) is 49.5 Å². The Labute approximate surface area is 187 Å². The molecule has 170 valence electrons. The molecule has 8 nitrogen and oxygen atoms in total. The minimum absolute atomic E-state index is 0.0368. The lowest BCUT2D eigenvalue weighted by molar-refractivity contribution is -0.130. The van der Waals surface area contributed by atoms with Crippen molar-refractivity contribution in [2.24, 2.45) is 5.90 Å². The first-order chi connectivity index (χ1) is 15.0. The number of likely N-dealkylation sites (N-methyl/N-ethyl adjacent to an activating group) is 1. The molecule has 3 rings (SSSR count). The van der Waals surface area contributed by atoms with Crippen LogP contribution in [0.25, 0.3) is 0 Å². The van der Waals surface area contributed by atoms with Crippen molar-refractivity contribution < 1.29 is 14.2 Å². The Morgan fingerprint density at radius 2 is 1.68 bits per heavy atom. The highest BCUT2D eigenvalue weighted by atomic mass is 32.2. The first-order valence-electron chi connectivity index (χ1n) is 10.3. The molecule has 5 N–H and O–H groups in total. The van der Waals surface area contributed by atoms with E-state index in [9.17, 15) is 9.00 Å². The fourth-order valence-electron chi connectivity index (χ4n) is 3.63. The molecule has 0 saturated carbocycles. The van der Waals surface area contributed by atoms with Crippen LogP contribution in [0.5, 0.6) is 0 Å². The molecule has 0 aliphatic carbocycles. The van der Waals surface area contributed by atoms with Gasteiger partial charge in [0.2, 0.25) is 5.91 Å². The van der Waals surface area contributed by atoms with Gasteiger partial charge in [-0.1, -0.05) is 30.3 Å². The number of likely N-dealkylation sites (tertiary alicyclic amines) is 1. The summed E-state index contributed by atoms with van der Waals surface area (Å²) < 4.78 is 14.1. The maximum Gasteiger partial charge on any atom is 0.242 e. The predicted molar refractivity (Wildman–Crippen MR) is 126 cm³/mol. The molecule has 2 unspecified atom stereocenters. The number of hydrogen-bond acceptors (Lipinski definition) is 6. The van der Waals surface area contributed by atoms with Crippen molar-refractivity contribution in [1.29, 1.82) is 0 Å². The van der Waals surface area contributed by atoms with Crippen LogP contribution >= 0.6 is 0 Å². The first kappa shape index (κ1) is 24.8. The van der Waals surface area contributed by atoms with Gasteiger partial charge >= 0.3 is 0 Å². The fraction of sp³-hybridized carbons (Fsp3) is 0.409. The third kappa shape index (κ3) is 7.95. The van der Waals surface area contributed by atoms with Crippen molar-refractivity contribution in [2.45, 2.75) is 18.9 Å². The monoisotopic (exact) mass is 447 g/mol. The van der Waals surface area contributed by atoms with E-state index in [0.29, 0.717) is 0 Å².